The first kappa shape index (κ1) is 10.3. The average Bonchev–Trinajstić information content (AvgIpc) is 2.76. The molecule has 0 amide bonds. The molecular formula is C10H10N4O2. The highest BCUT2D eigenvalue weighted by Crippen LogP contribution is 2.12. The Hall–Kier alpha value is -2.24. The smallest absolute Gasteiger partial charge is 0.303 e. The van der Waals surface area contributed by atoms with Gasteiger partial charge in [0, 0.05) is 24.4 Å². The second kappa shape index (κ2) is 4.52. The monoisotopic (exact) mass is 218 g/mol. The van der Waals surface area contributed by atoms with E-state index >= 15 is 0 Å². The van der Waals surface area contributed by atoms with E-state index in [0.717, 1.165) is 5.56 Å². The molecule has 2 N–H and O–H groups in total. The highest BCUT2D eigenvalue weighted by Gasteiger charge is 2.06. The number of pyridine rings is 1. The van der Waals surface area contributed by atoms with Gasteiger partial charge in [-0.25, -0.2) is 4.98 Å². The third-order valence-corrected chi connectivity index (χ3v) is 2.05. The summed E-state index contributed by atoms with van der Waals surface area (Å²) in [5, 5.41) is 15.3. The van der Waals surface area contributed by atoms with Crippen LogP contribution in [0.4, 0.5) is 0 Å². The van der Waals surface area contributed by atoms with Gasteiger partial charge in [0.05, 0.1) is 6.42 Å². The predicted octanol–water partition coefficient (Wildman–Crippen LogP) is 0.884. The fraction of sp³-hybridized carbons (Fsp3) is 0.200. The maximum absolute atomic E-state index is 10.4. The summed E-state index contributed by atoms with van der Waals surface area (Å²) in [4.78, 5) is 18.5. The zero-order chi connectivity index (χ0) is 11.4. The van der Waals surface area contributed by atoms with Crippen molar-refractivity contribution in [2.75, 3.05) is 0 Å². The van der Waals surface area contributed by atoms with Gasteiger partial charge in [-0.2, -0.15) is 5.10 Å². The zero-order valence-electron chi connectivity index (χ0n) is 8.42. The number of hydrogen-bond donors (Lipinski definition) is 2. The number of nitrogens with zero attached hydrogens (tertiary/aromatic N) is 3. The molecule has 0 unspecified atom stereocenters. The van der Waals surface area contributed by atoms with Crippen LogP contribution in [-0.2, 0) is 11.2 Å². The van der Waals surface area contributed by atoms with Crippen molar-refractivity contribution in [2.24, 2.45) is 0 Å². The number of rotatable bonds is 4. The Morgan fingerprint density at radius 1 is 1.38 bits per heavy atom. The summed E-state index contributed by atoms with van der Waals surface area (Å²) < 4.78 is 0. The van der Waals surface area contributed by atoms with Gasteiger partial charge in [-0.15, -0.1) is 0 Å². The molecule has 0 aromatic carbocycles. The summed E-state index contributed by atoms with van der Waals surface area (Å²) in [6.45, 7) is 0. The molecular weight excluding hydrogens is 208 g/mol. The molecule has 2 rings (SSSR count). The maximum Gasteiger partial charge on any atom is 0.303 e. The Balaban J connectivity index is 2.11. The van der Waals surface area contributed by atoms with Crippen LogP contribution < -0.4 is 0 Å². The predicted molar refractivity (Wildman–Crippen MR) is 55.6 cm³/mol. The van der Waals surface area contributed by atoms with Gasteiger partial charge >= 0.3 is 5.97 Å². The summed E-state index contributed by atoms with van der Waals surface area (Å²) in [7, 11) is 0. The van der Waals surface area contributed by atoms with Crippen molar-refractivity contribution >= 4 is 5.97 Å². The number of carboxylic acid groups (broad SMARTS) is 1. The average molecular weight is 218 g/mol. The Bertz CT molecular complexity index is 481. The van der Waals surface area contributed by atoms with Crippen LogP contribution in [0.3, 0.4) is 0 Å². The molecule has 0 spiro atoms. The summed E-state index contributed by atoms with van der Waals surface area (Å²) in [6, 6.07) is 3.59. The van der Waals surface area contributed by atoms with Crippen LogP contribution in [0.5, 0.6) is 0 Å². The Morgan fingerprint density at radius 3 is 2.81 bits per heavy atom. The van der Waals surface area contributed by atoms with Crippen LogP contribution in [-0.4, -0.2) is 31.2 Å². The third-order valence-electron chi connectivity index (χ3n) is 2.05. The van der Waals surface area contributed by atoms with E-state index < -0.39 is 5.97 Å². The molecule has 6 nitrogen and oxygen atoms in total. The minimum Gasteiger partial charge on any atom is -0.481 e. The van der Waals surface area contributed by atoms with Gasteiger partial charge in [0.2, 0.25) is 0 Å². The first-order valence-electron chi connectivity index (χ1n) is 4.79. The fourth-order valence-corrected chi connectivity index (χ4v) is 1.26. The molecule has 0 saturated carbocycles. The Morgan fingerprint density at radius 2 is 2.12 bits per heavy atom. The number of hydrogen-bond acceptors (Lipinski definition) is 4. The van der Waals surface area contributed by atoms with Crippen molar-refractivity contribution < 1.29 is 9.90 Å². The van der Waals surface area contributed by atoms with E-state index in [0.29, 0.717) is 18.1 Å². The summed E-state index contributed by atoms with van der Waals surface area (Å²) >= 11 is 0. The normalized spacial score (nSPS) is 10.2. The van der Waals surface area contributed by atoms with Gasteiger partial charge in [-0.05, 0) is 12.1 Å². The molecule has 2 aromatic rings. The minimum absolute atomic E-state index is 0.0466. The topological polar surface area (TPSA) is 91.8 Å². The van der Waals surface area contributed by atoms with Gasteiger partial charge in [-0.1, -0.05) is 0 Å². The molecule has 6 heteroatoms. The Kier molecular flexibility index (Phi) is 2.90. The molecule has 16 heavy (non-hydrogen) atoms. The number of carbonyl (C=O) groups is 1. The minimum atomic E-state index is -0.845. The highest BCUT2D eigenvalue weighted by molar-refractivity contribution is 5.66. The van der Waals surface area contributed by atoms with Crippen molar-refractivity contribution in [1.29, 1.82) is 0 Å². The third kappa shape index (κ3) is 2.41. The van der Waals surface area contributed by atoms with Crippen LogP contribution in [0.2, 0.25) is 0 Å². The quantitative estimate of drug-likeness (QED) is 0.794. The summed E-state index contributed by atoms with van der Waals surface area (Å²) in [6.07, 6.45) is 3.71. The standard InChI is InChI=1S/C10H10N4O2/c15-9(16)2-1-8-12-10(14-13-8)7-3-5-11-6-4-7/h3-6H,1-2H2,(H,15,16)(H,12,13,14). The van der Waals surface area contributed by atoms with Crippen molar-refractivity contribution in [3.05, 3.63) is 30.4 Å². The number of aromatic amines is 1. The number of aryl methyl sites for hydroxylation is 1. The summed E-state index contributed by atoms with van der Waals surface area (Å²) in [5.41, 5.74) is 0.854. The van der Waals surface area contributed by atoms with Crippen molar-refractivity contribution in [2.45, 2.75) is 12.8 Å². The van der Waals surface area contributed by atoms with E-state index in [4.69, 9.17) is 5.11 Å². The van der Waals surface area contributed by atoms with E-state index in [9.17, 15) is 4.79 Å². The van der Waals surface area contributed by atoms with E-state index in [2.05, 4.69) is 20.2 Å². The largest absolute Gasteiger partial charge is 0.481 e. The number of nitrogens with one attached hydrogen (secondary N) is 1. The van der Waals surface area contributed by atoms with Crippen molar-refractivity contribution in [3.63, 3.8) is 0 Å². The van der Waals surface area contributed by atoms with E-state index in [1.165, 1.54) is 0 Å². The SMILES string of the molecule is O=C(O)CCc1nc(-c2ccncc2)n[nH]1. The first-order valence-corrected chi connectivity index (χ1v) is 4.79. The Labute approximate surface area is 91.4 Å². The van der Waals surface area contributed by atoms with Gasteiger partial charge in [0.1, 0.15) is 5.82 Å². The van der Waals surface area contributed by atoms with E-state index in [-0.39, 0.29) is 6.42 Å². The van der Waals surface area contributed by atoms with Crippen LogP contribution in [0.1, 0.15) is 12.2 Å². The molecule has 0 saturated heterocycles. The van der Waals surface area contributed by atoms with E-state index in [1.807, 2.05) is 0 Å². The second-order valence-electron chi connectivity index (χ2n) is 3.24. The summed E-state index contributed by atoms with van der Waals surface area (Å²) in [5.74, 6) is 0.291. The first-order chi connectivity index (χ1) is 7.75. The van der Waals surface area contributed by atoms with E-state index in [1.54, 1.807) is 24.5 Å². The molecule has 0 atom stereocenters. The van der Waals surface area contributed by atoms with Crippen LogP contribution in [0.25, 0.3) is 11.4 Å². The molecule has 0 aliphatic carbocycles. The molecule has 0 bridgehead atoms. The van der Waals surface area contributed by atoms with Crippen LogP contribution >= 0.6 is 0 Å². The lowest BCUT2D eigenvalue weighted by atomic mass is 10.2. The lowest BCUT2D eigenvalue weighted by Gasteiger charge is -1.91. The number of H-pyrrole nitrogens is 1. The van der Waals surface area contributed by atoms with Crippen molar-refractivity contribution in [1.82, 2.24) is 20.2 Å². The number of carboxylic acids is 1. The van der Waals surface area contributed by atoms with Crippen molar-refractivity contribution in [3.8, 4) is 11.4 Å². The molecule has 2 heterocycles. The maximum atomic E-state index is 10.4. The molecule has 0 fully saturated rings. The fourth-order valence-electron chi connectivity index (χ4n) is 1.26. The lowest BCUT2D eigenvalue weighted by molar-refractivity contribution is -0.137. The molecule has 0 aliphatic heterocycles. The number of aliphatic carboxylic acids is 1. The molecule has 82 valence electrons. The molecule has 2 aromatic heterocycles. The second-order valence-corrected chi connectivity index (χ2v) is 3.24. The van der Waals surface area contributed by atoms with Gasteiger partial charge in [0.15, 0.2) is 5.82 Å². The van der Waals surface area contributed by atoms with Gasteiger partial charge < -0.3 is 5.11 Å². The van der Waals surface area contributed by atoms with Gasteiger partial charge in [-0.3, -0.25) is 14.9 Å². The van der Waals surface area contributed by atoms with Gasteiger partial charge in [0.25, 0.3) is 0 Å². The van der Waals surface area contributed by atoms with Crippen LogP contribution in [0, 0.1) is 0 Å². The number of aromatic nitrogens is 4. The molecule has 0 aliphatic rings. The van der Waals surface area contributed by atoms with Crippen LogP contribution in [0.15, 0.2) is 24.5 Å². The lowest BCUT2D eigenvalue weighted by Crippen LogP contribution is -1.98. The zero-order valence-corrected chi connectivity index (χ0v) is 8.42. The highest BCUT2D eigenvalue weighted by atomic mass is 16.4. The molecule has 0 radical (unpaired) electrons.